The summed E-state index contributed by atoms with van der Waals surface area (Å²) in [4.78, 5) is 21.8. The van der Waals surface area contributed by atoms with Crippen LogP contribution in [0.5, 0.6) is 0 Å². The van der Waals surface area contributed by atoms with Crippen molar-refractivity contribution in [1.82, 2.24) is 16.0 Å². The van der Waals surface area contributed by atoms with Crippen LogP contribution < -0.4 is 16.0 Å². The van der Waals surface area contributed by atoms with Crippen molar-refractivity contribution in [3.8, 4) is 0 Å². The lowest BCUT2D eigenvalue weighted by molar-refractivity contribution is -0.124. The van der Waals surface area contributed by atoms with Crippen molar-refractivity contribution in [2.75, 3.05) is 13.1 Å². The number of hydrogen-bond donors (Lipinski definition) is 3. The fraction of sp³-hybridized carbons (Fsp3) is 0.667. The van der Waals surface area contributed by atoms with Crippen LogP contribution in [-0.2, 0) is 4.79 Å². The molecule has 0 bridgehead atoms. The molecule has 2 fully saturated rings. The van der Waals surface area contributed by atoms with Crippen molar-refractivity contribution in [1.29, 1.82) is 0 Å². The third-order valence-corrected chi connectivity index (χ3v) is 2.10. The molecule has 2 aliphatic heterocycles. The van der Waals surface area contributed by atoms with Gasteiger partial charge < -0.3 is 10.6 Å². The summed E-state index contributed by atoms with van der Waals surface area (Å²) >= 11 is 0. The maximum Gasteiger partial charge on any atom is 0.321 e. The van der Waals surface area contributed by atoms with Crippen LogP contribution in [0.3, 0.4) is 0 Å². The molecule has 0 radical (unpaired) electrons. The van der Waals surface area contributed by atoms with E-state index in [1.54, 1.807) is 0 Å². The van der Waals surface area contributed by atoms with E-state index in [2.05, 4.69) is 16.0 Å². The molecule has 0 aromatic heterocycles. The lowest BCUT2D eigenvalue weighted by atomic mass is 10.0. The third kappa shape index (κ3) is 0.970. The van der Waals surface area contributed by atoms with Gasteiger partial charge in [-0.15, -0.1) is 0 Å². The Morgan fingerprint density at radius 2 is 2.09 bits per heavy atom. The number of imide groups is 1. The minimum absolute atomic E-state index is 0.00347. The summed E-state index contributed by atoms with van der Waals surface area (Å²) in [6.45, 7) is 1.36. The van der Waals surface area contributed by atoms with Crippen LogP contribution in [0.1, 0.15) is 0 Å². The number of carbonyl (C=O) groups excluding carboxylic acids is 2. The Balaban J connectivity index is 2.16. The lowest BCUT2D eigenvalue weighted by Gasteiger charge is -2.24. The van der Waals surface area contributed by atoms with Crippen LogP contribution in [0.25, 0.3) is 0 Å². The fourth-order valence-electron chi connectivity index (χ4n) is 1.51. The van der Waals surface area contributed by atoms with E-state index in [0.29, 0.717) is 13.1 Å². The predicted molar refractivity (Wildman–Crippen MR) is 36.8 cm³/mol. The maximum atomic E-state index is 11.1. The van der Waals surface area contributed by atoms with E-state index in [1.807, 2.05) is 0 Å². The highest BCUT2D eigenvalue weighted by Gasteiger charge is 2.38. The van der Waals surface area contributed by atoms with Crippen LogP contribution in [0.4, 0.5) is 4.79 Å². The number of hydrogen-bond acceptors (Lipinski definition) is 3. The minimum atomic E-state index is -0.375. The standard InChI is InChI=1S/C6H9N3O2/c10-5-3-1-7-2-4(3)8-6(11)9-5/h3-4,7H,1-2H2,(H2,8,9,10,11). The van der Waals surface area contributed by atoms with Crippen LogP contribution >= 0.6 is 0 Å². The SMILES string of the molecule is O=C1NC(=O)C2CNCC2N1. The van der Waals surface area contributed by atoms with Crippen molar-refractivity contribution >= 4 is 11.9 Å². The fourth-order valence-corrected chi connectivity index (χ4v) is 1.51. The lowest BCUT2D eigenvalue weighted by Crippen LogP contribution is -2.57. The zero-order chi connectivity index (χ0) is 7.84. The number of urea groups is 1. The first-order valence-corrected chi connectivity index (χ1v) is 3.59. The van der Waals surface area contributed by atoms with Crippen molar-refractivity contribution in [2.45, 2.75) is 6.04 Å². The number of amides is 3. The van der Waals surface area contributed by atoms with E-state index in [-0.39, 0.29) is 23.9 Å². The highest BCUT2D eigenvalue weighted by molar-refractivity contribution is 5.98. The molecular weight excluding hydrogens is 146 g/mol. The number of carbonyl (C=O) groups is 2. The summed E-state index contributed by atoms with van der Waals surface area (Å²) in [5, 5.41) is 7.94. The Morgan fingerprint density at radius 1 is 1.27 bits per heavy atom. The molecule has 2 atom stereocenters. The van der Waals surface area contributed by atoms with Gasteiger partial charge in [0.1, 0.15) is 0 Å². The van der Waals surface area contributed by atoms with E-state index in [1.165, 1.54) is 0 Å². The zero-order valence-corrected chi connectivity index (χ0v) is 5.89. The number of fused-ring (bicyclic) bond motifs is 1. The van der Waals surface area contributed by atoms with E-state index < -0.39 is 0 Å². The maximum absolute atomic E-state index is 11.1. The molecule has 3 N–H and O–H groups in total. The summed E-state index contributed by atoms with van der Waals surface area (Å²) in [5.41, 5.74) is 0. The average Bonchev–Trinajstić information content (AvgIpc) is 2.34. The van der Waals surface area contributed by atoms with Gasteiger partial charge in [-0.3, -0.25) is 10.1 Å². The van der Waals surface area contributed by atoms with E-state index in [0.717, 1.165) is 0 Å². The second-order valence-corrected chi connectivity index (χ2v) is 2.83. The molecule has 2 heterocycles. The second kappa shape index (κ2) is 2.20. The van der Waals surface area contributed by atoms with Crippen LogP contribution in [0.15, 0.2) is 0 Å². The van der Waals surface area contributed by atoms with Crippen LogP contribution in [0, 0.1) is 5.92 Å². The first-order chi connectivity index (χ1) is 5.27. The quantitative estimate of drug-likeness (QED) is 0.395. The number of rotatable bonds is 0. The molecule has 0 aliphatic carbocycles. The molecule has 2 unspecified atom stereocenters. The molecule has 0 aromatic carbocycles. The van der Waals surface area contributed by atoms with Crippen molar-refractivity contribution in [3.05, 3.63) is 0 Å². The van der Waals surface area contributed by atoms with Gasteiger partial charge in [0.25, 0.3) is 0 Å². The normalized spacial score (nSPS) is 36.0. The van der Waals surface area contributed by atoms with Gasteiger partial charge in [0, 0.05) is 13.1 Å². The molecule has 0 spiro atoms. The Labute approximate surface area is 63.5 Å². The van der Waals surface area contributed by atoms with E-state index >= 15 is 0 Å². The Hall–Kier alpha value is -1.10. The summed E-state index contributed by atoms with van der Waals surface area (Å²) < 4.78 is 0. The van der Waals surface area contributed by atoms with Gasteiger partial charge in [0.2, 0.25) is 5.91 Å². The van der Waals surface area contributed by atoms with Gasteiger partial charge in [-0.1, -0.05) is 0 Å². The van der Waals surface area contributed by atoms with E-state index in [9.17, 15) is 9.59 Å². The summed E-state index contributed by atoms with van der Waals surface area (Å²) in [6, 6.07) is -0.379. The van der Waals surface area contributed by atoms with Crippen LogP contribution in [-0.4, -0.2) is 31.1 Å². The monoisotopic (exact) mass is 155 g/mol. The molecule has 2 saturated heterocycles. The second-order valence-electron chi connectivity index (χ2n) is 2.83. The molecule has 0 saturated carbocycles. The minimum Gasteiger partial charge on any atom is -0.333 e. The molecule has 5 nitrogen and oxygen atoms in total. The molecule has 60 valence electrons. The smallest absolute Gasteiger partial charge is 0.321 e. The Bertz CT molecular complexity index is 216. The molecule has 0 aromatic rings. The van der Waals surface area contributed by atoms with Gasteiger partial charge in [0.05, 0.1) is 12.0 Å². The first kappa shape index (κ1) is 6.60. The van der Waals surface area contributed by atoms with Gasteiger partial charge >= 0.3 is 6.03 Å². The Morgan fingerprint density at radius 3 is 2.91 bits per heavy atom. The molecule has 3 amide bonds. The van der Waals surface area contributed by atoms with Crippen LogP contribution in [0.2, 0.25) is 0 Å². The van der Waals surface area contributed by atoms with Gasteiger partial charge in [-0.25, -0.2) is 4.79 Å². The average molecular weight is 155 g/mol. The van der Waals surface area contributed by atoms with Crippen molar-refractivity contribution in [3.63, 3.8) is 0 Å². The Kier molecular flexibility index (Phi) is 1.32. The van der Waals surface area contributed by atoms with Gasteiger partial charge in [0.15, 0.2) is 0 Å². The van der Waals surface area contributed by atoms with E-state index in [4.69, 9.17) is 0 Å². The summed E-state index contributed by atoms with van der Waals surface area (Å²) in [7, 11) is 0. The molecule has 5 heteroatoms. The topological polar surface area (TPSA) is 70.2 Å². The number of nitrogens with one attached hydrogen (secondary N) is 3. The molecule has 2 rings (SSSR count). The molecule has 2 aliphatic rings. The first-order valence-electron chi connectivity index (χ1n) is 3.59. The highest BCUT2D eigenvalue weighted by Crippen LogP contribution is 2.11. The largest absolute Gasteiger partial charge is 0.333 e. The zero-order valence-electron chi connectivity index (χ0n) is 5.89. The third-order valence-electron chi connectivity index (χ3n) is 2.10. The van der Waals surface area contributed by atoms with Crippen molar-refractivity contribution in [2.24, 2.45) is 5.92 Å². The molecule has 11 heavy (non-hydrogen) atoms. The van der Waals surface area contributed by atoms with Gasteiger partial charge in [-0.2, -0.15) is 0 Å². The van der Waals surface area contributed by atoms with Gasteiger partial charge in [-0.05, 0) is 0 Å². The summed E-state index contributed by atoms with van der Waals surface area (Å²) in [6.07, 6.45) is 0. The molecular formula is C6H9N3O2. The summed E-state index contributed by atoms with van der Waals surface area (Å²) in [5.74, 6) is -0.239. The predicted octanol–water partition coefficient (Wildman–Crippen LogP) is -1.59. The van der Waals surface area contributed by atoms with Crippen molar-refractivity contribution < 1.29 is 9.59 Å². The highest BCUT2D eigenvalue weighted by atomic mass is 16.2.